The summed E-state index contributed by atoms with van der Waals surface area (Å²) in [6, 6.07) is 13.8. The number of aldehydes is 1. The van der Waals surface area contributed by atoms with Gasteiger partial charge in [-0.2, -0.15) is 5.26 Å². The highest BCUT2D eigenvalue weighted by atomic mass is 35.5. The van der Waals surface area contributed by atoms with Crippen LogP contribution in [0, 0.1) is 11.3 Å². The fourth-order valence-corrected chi connectivity index (χ4v) is 3.37. The molecule has 1 aliphatic carbocycles. The van der Waals surface area contributed by atoms with Crippen LogP contribution in [0.4, 0.5) is 0 Å². The number of amides is 1. The second-order valence-electron chi connectivity index (χ2n) is 6.56. The van der Waals surface area contributed by atoms with Gasteiger partial charge < -0.3 is 10.1 Å². The average molecular weight is 383 g/mol. The molecule has 0 radical (unpaired) electrons. The van der Waals surface area contributed by atoms with Gasteiger partial charge in [0.1, 0.15) is 18.1 Å². The van der Waals surface area contributed by atoms with Crippen molar-refractivity contribution in [3.8, 4) is 11.8 Å². The van der Waals surface area contributed by atoms with Gasteiger partial charge in [0.25, 0.3) is 5.91 Å². The molecule has 3 rings (SSSR count). The summed E-state index contributed by atoms with van der Waals surface area (Å²) >= 11 is 6.04. The van der Waals surface area contributed by atoms with Gasteiger partial charge in [0.05, 0.1) is 16.7 Å². The second-order valence-corrected chi connectivity index (χ2v) is 6.97. The molecule has 1 saturated carbocycles. The highest BCUT2D eigenvalue weighted by Crippen LogP contribution is 2.27. The first-order valence-corrected chi connectivity index (χ1v) is 9.19. The lowest BCUT2D eigenvalue weighted by Crippen LogP contribution is -2.39. The lowest BCUT2D eigenvalue weighted by Gasteiger charge is -2.29. The number of carbonyl (C=O) groups excluding carboxylic acids is 2. The Bertz CT molecular complexity index is 866. The minimum absolute atomic E-state index is 0.0639. The Hall–Kier alpha value is -2.84. The maximum absolute atomic E-state index is 12.3. The minimum Gasteiger partial charge on any atom is -0.490 e. The van der Waals surface area contributed by atoms with Gasteiger partial charge in [-0.05, 0) is 49.9 Å². The van der Waals surface area contributed by atoms with Gasteiger partial charge in [0, 0.05) is 23.2 Å². The van der Waals surface area contributed by atoms with Crippen molar-refractivity contribution < 1.29 is 14.3 Å². The molecule has 6 heteroatoms. The van der Waals surface area contributed by atoms with Gasteiger partial charge in [-0.1, -0.05) is 23.7 Å². The fraction of sp³-hybridized carbons (Fsp3) is 0.286. The van der Waals surface area contributed by atoms with Gasteiger partial charge in [-0.3, -0.25) is 9.59 Å². The van der Waals surface area contributed by atoms with E-state index in [-0.39, 0.29) is 18.1 Å². The van der Waals surface area contributed by atoms with Crippen molar-refractivity contribution in [2.24, 2.45) is 0 Å². The molecule has 0 unspecified atom stereocenters. The zero-order valence-electron chi connectivity index (χ0n) is 14.7. The molecule has 138 valence electrons. The maximum Gasteiger partial charge on any atom is 0.251 e. The fourth-order valence-electron chi connectivity index (χ4n) is 3.16. The Labute approximate surface area is 162 Å². The van der Waals surface area contributed by atoms with Crippen LogP contribution in [0.3, 0.4) is 0 Å². The molecule has 5 nitrogen and oxygen atoms in total. The number of ether oxygens (including phenoxy) is 1. The SMILES string of the molecule is N#Cc1ccc(OC2CCC(NC(=O)c3ccc(C=O)cc3)CC2)cc1Cl. The predicted molar refractivity (Wildman–Crippen MR) is 102 cm³/mol. The molecule has 2 aromatic rings. The Morgan fingerprint density at radius 1 is 1.15 bits per heavy atom. The van der Waals surface area contributed by atoms with E-state index in [0.717, 1.165) is 32.0 Å². The maximum atomic E-state index is 12.3. The number of nitrogens with one attached hydrogen (secondary N) is 1. The molecule has 1 amide bonds. The lowest BCUT2D eigenvalue weighted by atomic mass is 9.92. The zero-order valence-corrected chi connectivity index (χ0v) is 15.4. The Balaban J connectivity index is 1.49. The number of hydrogen-bond donors (Lipinski definition) is 1. The predicted octanol–water partition coefficient (Wildman–Crippen LogP) is 4.14. The van der Waals surface area contributed by atoms with Crippen molar-refractivity contribution >= 4 is 23.8 Å². The molecule has 0 spiro atoms. The van der Waals surface area contributed by atoms with Crippen LogP contribution in [0.1, 0.15) is 52.0 Å². The highest BCUT2D eigenvalue weighted by molar-refractivity contribution is 6.31. The van der Waals surface area contributed by atoms with E-state index >= 15 is 0 Å². The van der Waals surface area contributed by atoms with E-state index in [2.05, 4.69) is 5.32 Å². The molecule has 27 heavy (non-hydrogen) atoms. The summed E-state index contributed by atoms with van der Waals surface area (Å²) in [5.74, 6) is 0.525. The normalized spacial score (nSPS) is 19.0. The largest absolute Gasteiger partial charge is 0.490 e. The Morgan fingerprint density at radius 2 is 1.85 bits per heavy atom. The van der Waals surface area contributed by atoms with Gasteiger partial charge in [0.15, 0.2) is 0 Å². The number of halogens is 1. The van der Waals surface area contributed by atoms with Gasteiger partial charge in [-0.15, -0.1) is 0 Å². The van der Waals surface area contributed by atoms with E-state index in [1.54, 1.807) is 42.5 Å². The number of rotatable bonds is 5. The number of benzene rings is 2. The number of carbonyl (C=O) groups is 2. The molecule has 0 saturated heterocycles. The number of nitriles is 1. The first-order valence-electron chi connectivity index (χ1n) is 8.81. The molecule has 0 aromatic heterocycles. The smallest absolute Gasteiger partial charge is 0.251 e. The second kappa shape index (κ2) is 8.70. The summed E-state index contributed by atoms with van der Waals surface area (Å²) in [5.41, 5.74) is 1.52. The minimum atomic E-state index is -0.129. The van der Waals surface area contributed by atoms with E-state index in [0.29, 0.717) is 27.5 Å². The molecule has 1 aliphatic rings. The first kappa shape index (κ1) is 18.9. The van der Waals surface area contributed by atoms with E-state index < -0.39 is 0 Å². The van der Waals surface area contributed by atoms with Crippen LogP contribution < -0.4 is 10.1 Å². The summed E-state index contributed by atoms with van der Waals surface area (Å²) in [7, 11) is 0. The summed E-state index contributed by atoms with van der Waals surface area (Å²) in [6.45, 7) is 0. The first-order chi connectivity index (χ1) is 13.1. The van der Waals surface area contributed by atoms with Crippen LogP contribution in [0.2, 0.25) is 5.02 Å². The highest BCUT2D eigenvalue weighted by Gasteiger charge is 2.24. The van der Waals surface area contributed by atoms with E-state index in [9.17, 15) is 9.59 Å². The monoisotopic (exact) mass is 382 g/mol. The third-order valence-electron chi connectivity index (χ3n) is 4.68. The zero-order chi connectivity index (χ0) is 19.2. The van der Waals surface area contributed by atoms with Crippen LogP contribution in [0.5, 0.6) is 5.75 Å². The third kappa shape index (κ3) is 4.87. The summed E-state index contributed by atoms with van der Waals surface area (Å²) in [5, 5.41) is 12.3. The molecule has 0 aliphatic heterocycles. The molecule has 0 heterocycles. The molecular weight excluding hydrogens is 364 g/mol. The van der Waals surface area contributed by atoms with Gasteiger partial charge in [0.2, 0.25) is 0 Å². The molecule has 0 bridgehead atoms. The third-order valence-corrected chi connectivity index (χ3v) is 4.99. The molecule has 1 N–H and O–H groups in total. The number of hydrogen-bond acceptors (Lipinski definition) is 4. The standard InChI is InChI=1S/C21H19ClN2O3/c22-20-11-19(8-5-16(20)12-23)27-18-9-6-17(7-10-18)24-21(26)15-3-1-14(13-25)2-4-15/h1-5,8,11,13,17-18H,6-7,9-10H2,(H,24,26). The molecule has 2 aromatic carbocycles. The van der Waals surface area contributed by atoms with Crippen LogP contribution >= 0.6 is 11.6 Å². The molecule has 0 atom stereocenters. The van der Waals surface area contributed by atoms with Crippen LogP contribution in [0.15, 0.2) is 42.5 Å². The molecule has 1 fully saturated rings. The van der Waals surface area contributed by atoms with Crippen LogP contribution in [0.25, 0.3) is 0 Å². The van der Waals surface area contributed by atoms with Crippen molar-refractivity contribution in [1.29, 1.82) is 5.26 Å². The average Bonchev–Trinajstić information content (AvgIpc) is 2.69. The summed E-state index contributed by atoms with van der Waals surface area (Å²) in [6.07, 6.45) is 4.12. The van der Waals surface area contributed by atoms with E-state index in [1.165, 1.54) is 0 Å². The Morgan fingerprint density at radius 3 is 2.44 bits per heavy atom. The van der Waals surface area contributed by atoms with Crippen molar-refractivity contribution in [2.45, 2.75) is 37.8 Å². The van der Waals surface area contributed by atoms with E-state index in [1.807, 2.05) is 6.07 Å². The lowest BCUT2D eigenvalue weighted by molar-refractivity contribution is 0.0893. The van der Waals surface area contributed by atoms with Crippen LogP contribution in [-0.2, 0) is 0 Å². The topological polar surface area (TPSA) is 79.2 Å². The number of nitrogens with zero attached hydrogens (tertiary/aromatic N) is 1. The van der Waals surface area contributed by atoms with Gasteiger partial charge >= 0.3 is 0 Å². The quantitative estimate of drug-likeness (QED) is 0.788. The summed E-state index contributed by atoms with van der Waals surface area (Å²) < 4.78 is 5.96. The van der Waals surface area contributed by atoms with Gasteiger partial charge in [-0.25, -0.2) is 0 Å². The van der Waals surface area contributed by atoms with Crippen molar-refractivity contribution in [3.63, 3.8) is 0 Å². The van der Waals surface area contributed by atoms with E-state index in [4.69, 9.17) is 21.6 Å². The van der Waals surface area contributed by atoms with Crippen LogP contribution in [-0.4, -0.2) is 24.3 Å². The van der Waals surface area contributed by atoms with Crippen molar-refractivity contribution in [3.05, 3.63) is 64.2 Å². The van der Waals surface area contributed by atoms with Crippen molar-refractivity contribution in [2.75, 3.05) is 0 Å². The Kier molecular flexibility index (Phi) is 6.10. The van der Waals surface area contributed by atoms with Crippen molar-refractivity contribution in [1.82, 2.24) is 5.32 Å². The summed E-state index contributed by atoms with van der Waals surface area (Å²) in [4.78, 5) is 23.0. The molecular formula is C21H19ClN2O3.